The monoisotopic (exact) mass is 227 g/mol. The molecule has 4 heteroatoms. The van der Waals surface area contributed by atoms with Gasteiger partial charge in [0, 0.05) is 32.0 Å². The van der Waals surface area contributed by atoms with E-state index < -0.39 is 5.60 Å². The normalized spacial score (nSPS) is 33.2. The van der Waals surface area contributed by atoms with E-state index in [1.54, 1.807) is 7.11 Å². The van der Waals surface area contributed by atoms with E-state index in [1.165, 1.54) is 6.42 Å². The SMILES string of the molecule is COC1C2CC1CN(C(=O)OC(C)(C)C)C2. The summed E-state index contributed by atoms with van der Waals surface area (Å²) in [5, 5.41) is 0. The van der Waals surface area contributed by atoms with Crippen molar-refractivity contribution in [2.45, 2.75) is 38.9 Å². The summed E-state index contributed by atoms with van der Waals surface area (Å²) in [5.41, 5.74) is -0.403. The summed E-state index contributed by atoms with van der Waals surface area (Å²) in [7, 11) is 1.76. The molecule has 0 aromatic carbocycles. The van der Waals surface area contributed by atoms with Crippen molar-refractivity contribution in [1.82, 2.24) is 4.90 Å². The summed E-state index contributed by atoms with van der Waals surface area (Å²) in [4.78, 5) is 13.7. The van der Waals surface area contributed by atoms with Gasteiger partial charge in [-0.15, -0.1) is 0 Å². The highest BCUT2D eigenvalue weighted by atomic mass is 16.6. The first kappa shape index (κ1) is 11.7. The lowest BCUT2D eigenvalue weighted by atomic mass is 9.68. The van der Waals surface area contributed by atoms with Crippen LogP contribution < -0.4 is 0 Å². The topological polar surface area (TPSA) is 38.8 Å². The summed E-state index contributed by atoms with van der Waals surface area (Å²) in [5.74, 6) is 1.02. The molecule has 0 aromatic rings. The maximum atomic E-state index is 11.8. The van der Waals surface area contributed by atoms with Gasteiger partial charge in [-0.25, -0.2) is 4.79 Å². The number of piperidine rings is 2. The lowest BCUT2D eigenvalue weighted by molar-refractivity contribution is -0.125. The van der Waals surface area contributed by atoms with Crippen molar-refractivity contribution < 1.29 is 14.3 Å². The van der Waals surface area contributed by atoms with Gasteiger partial charge in [0.05, 0.1) is 6.10 Å². The number of amides is 1. The summed E-state index contributed by atoms with van der Waals surface area (Å²) in [6.07, 6.45) is 1.37. The molecule has 1 aliphatic carbocycles. The third-order valence-electron chi connectivity index (χ3n) is 3.37. The fourth-order valence-electron chi connectivity index (χ4n) is 2.70. The second kappa shape index (κ2) is 3.91. The van der Waals surface area contributed by atoms with Gasteiger partial charge in [-0.3, -0.25) is 0 Å². The second-order valence-corrected chi connectivity index (χ2v) is 5.84. The maximum Gasteiger partial charge on any atom is 0.410 e. The van der Waals surface area contributed by atoms with Crippen LogP contribution in [0.4, 0.5) is 4.79 Å². The van der Waals surface area contributed by atoms with E-state index in [1.807, 2.05) is 25.7 Å². The van der Waals surface area contributed by atoms with Gasteiger partial charge >= 0.3 is 6.09 Å². The molecular formula is C12H21NO3. The third kappa shape index (κ3) is 2.17. The number of hydrogen-bond acceptors (Lipinski definition) is 3. The molecule has 0 N–H and O–H groups in total. The van der Waals surface area contributed by atoms with Crippen LogP contribution in [-0.2, 0) is 9.47 Å². The molecule has 3 rings (SSSR count). The van der Waals surface area contributed by atoms with Crippen LogP contribution in [0.15, 0.2) is 0 Å². The Labute approximate surface area is 96.9 Å². The lowest BCUT2D eigenvalue weighted by Crippen LogP contribution is -2.60. The molecule has 0 aromatic heterocycles. The van der Waals surface area contributed by atoms with Crippen LogP contribution in [0.3, 0.4) is 0 Å². The molecule has 1 amide bonds. The number of nitrogens with zero attached hydrogens (tertiary/aromatic N) is 1. The summed E-state index contributed by atoms with van der Waals surface area (Å²) < 4.78 is 10.8. The highest BCUT2D eigenvalue weighted by Crippen LogP contribution is 2.42. The van der Waals surface area contributed by atoms with Gasteiger partial charge in [0.25, 0.3) is 0 Å². The quantitative estimate of drug-likeness (QED) is 0.686. The van der Waals surface area contributed by atoms with Gasteiger partial charge in [-0.2, -0.15) is 0 Å². The van der Waals surface area contributed by atoms with Crippen LogP contribution in [0.2, 0.25) is 0 Å². The number of ether oxygens (including phenoxy) is 2. The third-order valence-corrected chi connectivity index (χ3v) is 3.37. The molecule has 2 saturated heterocycles. The molecule has 2 bridgehead atoms. The number of carbonyl (C=O) groups is 1. The highest BCUT2D eigenvalue weighted by molar-refractivity contribution is 5.68. The van der Waals surface area contributed by atoms with Gasteiger partial charge in [0.15, 0.2) is 0 Å². The molecule has 2 heterocycles. The zero-order chi connectivity index (χ0) is 11.9. The Morgan fingerprint density at radius 2 is 1.81 bits per heavy atom. The van der Waals surface area contributed by atoms with Crippen LogP contribution >= 0.6 is 0 Å². The average molecular weight is 227 g/mol. The minimum absolute atomic E-state index is 0.184. The van der Waals surface area contributed by atoms with Crippen molar-refractivity contribution in [2.24, 2.45) is 11.8 Å². The number of hydrogen-bond donors (Lipinski definition) is 0. The van der Waals surface area contributed by atoms with E-state index in [-0.39, 0.29) is 6.09 Å². The summed E-state index contributed by atoms with van der Waals surface area (Å²) in [6.45, 7) is 7.25. The maximum absolute atomic E-state index is 11.8. The minimum atomic E-state index is -0.403. The van der Waals surface area contributed by atoms with Crippen LogP contribution in [-0.4, -0.2) is 42.9 Å². The van der Waals surface area contributed by atoms with Gasteiger partial charge in [0.1, 0.15) is 5.60 Å². The van der Waals surface area contributed by atoms with E-state index in [4.69, 9.17) is 9.47 Å². The Morgan fingerprint density at radius 1 is 1.25 bits per heavy atom. The predicted octanol–water partition coefficient (Wildman–Crippen LogP) is 1.89. The first-order valence-electron chi connectivity index (χ1n) is 5.91. The van der Waals surface area contributed by atoms with Crippen LogP contribution in [0.25, 0.3) is 0 Å². The number of methoxy groups -OCH3 is 1. The van der Waals surface area contributed by atoms with Gasteiger partial charge < -0.3 is 14.4 Å². The van der Waals surface area contributed by atoms with Gasteiger partial charge in [-0.05, 0) is 27.2 Å². The number of carbonyl (C=O) groups excluding carboxylic acids is 1. The molecule has 3 aliphatic rings. The zero-order valence-corrected chi connectivity index (χ0v) is 10.5. The van der Waals surface area contributed by atoms with Crippen molar-refractivity contribution in [2.75, 3.05) is 20.2 Å². The van der Waals surface area contributed by atoms with Crippen LogP contribution in [0.1, 0.15) is 27.2 Å². The molecule has 0 radical (unpaired) electrons. The van der Waals surface area contributed by atoms with Crippen molar-refractivity contribution in [3.8, 4) is 0 Å². The minimum Gasteiger partial charge on any atom is -0.444 e. The molecule has 3 fully saturated rings. The van der Waals surface area contributed by atoms with E-state index in [9.17, 15) is 4.79 Å². The van der Waals surface area contributed by atoms with E-state index in [2.05, 4.69) is 0 Å². The Morgan fingerprint density at radius 3 is 2.25 bits per heavy atom. The van der Waals surface area contributed by atoms with Crippen molar-refractivity contribution in [1.29, 1.82) is 0 Å². The van der Waals surface area contributed by atoms with Crippen molar-refractivity contribution >= 4 is 6.09 Å². The fourth-order valence-corrected chi connectivity index (χ4v) is 2.70. The molecular weight excluding hydrogens is 206 g/mol. The Bertz CT molecular complexity index is 272. The predicted molar refractivity (Wildman–Crippen MR) is 60.2 cm³/mol. The van der Waals surface area contributed by atoms with E-state index in [0.717, 1.165) is 13.1 Å². The average Bonchev–Trinajstić information content (AvgIpc) is 2.16. The highest BCUT2D eigenvalue weighted by Gasteiger charge is 2.48. The summed E-state index contributed by atoms with van der Waals surface area (Å²) in [6, 6.07) is 0. The van der Waals surface area contributed by atoms with Crippen molar-refractivity contribution in [3.05, 3.63) is 0 Å². The Hall–Kier alpha value is -0.770. The standard InChI is InChI=1S/C12H21NO3/c1-12(2,3)16-11(14)13-6-8-5-9(7-13)10(8)15-4/h8-10H,5-7H2,1-4H3. The van der Waals surface area contributed by atoms with E-state index >= 15 is 0 Å². The molecule has 2 atom stereocenters. The summed E-state index contributed by atoms with van der Waals surface area (Å²) >= 11 is 0. The number of rotatable bonds is 1. The van der Waals surface area contributed by atoms with Crippen LogP contribution in [0, 0.1) is 11.8 Å². The smallest absolute Gasteiger partial charge is 0.410 e. The van der Waals surface area contributed by atoms with Gasteiger partial charge in [-0.1, -0.05) is 0 Å². The second-order valence-electron chi connectivity index (χ2n) is 5.84. The fraction of sp³-hybridized carbons (Fsp3) is 0.917. The first-order chi connectivity index (χ1) is 7.40. The largest absolute Gasteiger partial charge is 0.444 e. The first-order valence-corrected chi connectivity index (χ1v) is 5.91. The Balaban J connectivity index is 1.88. The molecule has 2 unspecified atom stereocenters. The molecule has 1 saturated carbocycles. The Kier molecular flexibility index (Phi) is 2.86. The lowest BCUT2D eigenvalue weighted by Gasteiger charge is -2.52. The van der Waals surface area contributed by atoms with Crippen molar-refractivity contribution in [3.63, 3.8) is 0 Å². The zero-order valence-electron chi connectivity index (χ0n) is 10.5. The molecule has 4 nitrogen and oxygen atoms in total. The van der Waals surface area contributed by atoms with E-state index in [0.29, 0.717) is 17.9 Å². The molecule has 2 aliphatic heterocycles. The molecule has 16 heavy (non-hydrogen) atoms. The molecule has 0 spiro atoms. The van der Waals surface area contributed by atoms with Gasteiger partial charge in [0.2, 0.25) is 0 Å². The van der Waals surface area contributed by atoms with Crippen LogP contribution in [0.5, 0.6) is 0 Å². The number of fused-ring (bicyclic) bond motifs is 2. The molecule has 92 valence electrons.